The smallest absolute Gasteiger partial charge is 0.338 e. The molecule has 12 nitrogen and oxygen atoms in total. The molecule has 4 aliphatic heterocycles. The van der Waals surface area contributed by atoms with Gasteiger partial charge in [0.2, 0.25) is 11.9 Å². The molecule has 0 spiro atoms. The fourth-order valence-corrected chi connectivity index (χ4v) is 5.67. The first kappa shape index (κ1) is 24.7. The van der Waals surface area contributed by atoms with Gasteiger partial charge in [0, 0.05) is 35.6 Å². The van der Waals surface area contributed by atoms with Crippen LogP contribution in [0.3, 0.4) is 0 Å². The Labute approximate surface area is 230 Å². The van der Waals surface area contributed by atoms with Gasteiger partial charge in [-0.2, -0.15) is 15.0 Å². The van der Waals surface area contributed by atoms with Crippen molar-refractivity contribution >= 4 is 35.3 Å². The minimum atomic E-state index is -0.391. The molecular formula is C28H29N7O5. The number of nitrogens with one attached hydrogen (secondary N) is 2. The molecule has 7 rings (SSSR count). The third kappa shape index (κ3) is 4.80. The molecule has 206 valence electrons. The van der Waals surface area contributed by atoms with Crippen LogP contribution < -0.4 is 20.4 Å². The molecule has 0 radical (unpaired) electrons. The summed E-state index contributed by atoms with van der Waals surface area (Å²) >= 11 is 0. The standard InChI is InChI=1S/C28H29N7O5/c36-25-23-8-5-20(13-18(23)14-40-25)30-28(37)29-19-3-1-17(2-4-19)24-31-26(34-9-11-38-12-10-34)33-27(32-24)35-21-6-7-22(35)16-39-15-21/h1-5,8,13,21-22H,6-7,9-12,14-16H2,(H2,29,30,37)/t21-,22?/m0/s1. The molecule has 2 N–H and O–H groups in total. The number of rotatable bonds is 5. The molecule has 4 aliphatic rings. The maximum Gasteiger partial charge on any atom is 0.338 e. The van der Waals surface area contributed by atoms with E-state index >= 15 is 0 Å². The number of carbonyl (C=O) groups is 2. The van der Waals surface area contributed by atoms with E-state index in [0.29, 0.717) is 61.1 Å². The van der Waals surface area contributed by atoms with Gasteiger partial charge in [-0.25, -0.2) is 9.59 Å². The number of ether oxygens (including phenoxy) is 3. The van der Waals surface area contributed by atoms with Gasteiger partial charge >= 0.3 is 12.0 Å². The van der Waals surface area contributed by atoms with Crippen LogP contribution in [0.1, 0.15) is 28.8 Å². The number of fused-ring (bicyclic) bond motifs is 3. The number of hydrogen-bond donors (Lipinski definition) is 2. The summed E-state index contributed by atoms with van der Waals surface area (Å²) in [6, 6.07) is 12.7. The molecule has 0 aliphatic carbocycles. The lowest BCUT2D eigenvalue weighted by Gasteiger charge is -2.35. The maximum absolute atomic E-state index is 12.6. The summed E-state index contributed by atoms with van der Waals surface area (Å²) in [7, 11) is 0. The minimum Gasteiger partial charge on any atom is -0.457 e. The van der Waals surface area contributed by atoms with Crippen molar-refractivity contribution in [2.45, 2.75) is 31.5 Å². The molecule has 5 heterocycles. The van der Waals surface area contributed by atoms with E-state index < -0.39 is 6.03 Å². The van der Waals surface area contributed by atoms with E-state index in [9.17, 15) is 9.59 Å². The first-order valence-corrected chi connectivity index (χ1v) is 13.5. The number of carbonyl (C=O) groups excluding carboxylic acids is 2. The number of cyclic esters (lactones) is 1. The monoisotopic (exact) mass is 543 g/mol. The van der Waals surface area contributed by atoms with Crippen LogP contribution >= 0.6 is 0 Å². The van der Waals surface area contributed by atoms with Crippen molar-refractivity contribution in [1.82, 2.24) is 15.0 Å². The first-order chi connectivity index (χ1) is 19.6. The molecule has 2 bridgehead atoms. The second kappa shape index (κ2) is 10.4. The zero-order valence-electron chi connectivity index (χ0n) is 21.8. The summed E-state index contributed by atoms with van der Waals surface area (Å²) < 4.78 is 16.3. The summed E-state index contributed by atoms with van der Waals surface area (Å²) in [5.41, 5.74) is 3.31. The topological polar surface area (TPSA) is 131 Å². The lowest BCUT2D eigenvalue weighted by Crippen LogP contribution is -2.47. The molecule has 3 saturated heterocycles. The van der Waals surface area contributed by atoms with Gasteiger partial charge in [-0.05, 0) is 55.3 Å². The van der Waals surface area contributed by atoms with E-state index in [1.165, 1.54) is 0 Å². The number of benzene rings is 2. The van der Waals surface area contributed by atoms with Crippen LogP contribution in [0.2, 0.25) is 0 Å². The number of anilines is 4. The molecule has 40 heavy (non-hydrogen) atoms. The van der Waals surface area contributed by atoms with Crippen LogP contribution in [0.5, 0.6) is 0 Å². The summed E-state index contributed by atoms with van der Waals surface area (Å²) in [6.45, 7) is 4.31. The summed E-state index contributed by atoms with van der Waals surface area (Å²) in [6.07, 6.45) is 2.14. The van der Waals surface area contributed by atoms with Crippen molar-refractivity contribution in [2.75, 3.05) is 60.0 Å². The molecule has 3 fully saturated rings. The van der Waals surface area contributed by atoms with Gasteiger partial charge in [0.25, 0.3) is 0 Å². The number of morpholine rings is 2. The second-order valence-electron chi connectivity index (χ2n) is 10.3. The highest BCUT2D eigenvalue weighted by Crippen LogP contribution is 2.34. The first-order valence-electron chi connectivity index (χ1n) is 13.5. The molecular weight excluding hydrogens is 514 g/mol. The van der Waals surface area contributed by atoms with Gasteiger partial charge in [-0.3, -0.25) is 0 Å². The van der Waals surface area contributed by atoms with Crippen molar-refractivity contribution in [2.24, 2.45) is 0 Å². The number of hydrogen-bond acceptors (Lipinski definition) is 10. The Bertz CT molecular complexity index is 1430. The maximum atomic E-state index is 12.6. The number of esters is 1. The largest absolute Gasteiger partial charge is 0.457 e. The van der Waals surface area contributed by atoms with Crippen LogP contribution in [0.15, 0.2) is 42.5 Å². The number of amides is 2. The van der Waals surface area contributed by atoms with Crippen molar-refractivity contribution in [3.05, 3.63) is 53.6 Å². The fourth-order valence-electron chi connectivity index (χ4n) is 5.67. The number of urea groups is 1. The predicted octanol–water partition coefficient (Wildman–Crippen LogP) is 3.06. The number of aromatic nitrogens is 3. The van der Waals surface area contributed by atoms with E-state index in [1.54, 1.807) is 18.2 Å². The third-order valence-corrected chi connectivity index (χ3v) is 7.72. The molecule has 12 heteroatoms. The molecule has 2 atom stereocenters. The van der Waals surface area contributed by atoms with Crippen molar-refractivity contribution in [3.63, 3.8) is 0 Å². The zero-order valence-corrected chi connectivity index (χ0v) is 21.8. The highest BCUT2D eigenvalue weighted by Gasteiger charge is 2.39. The molecule has 2 amide bonds. The van der Waals surface area contributed by atoms with Crippen LogP contribution in [0, 0.1) is 0 Å². The average molecular weight is 544 g/mol. The second-order valence-corrected chi connectivity index (χ2v) is 10.3. The molecule has 1 unspecified atom stereocenters. The fraction of sp³-hybridized carbons (Fsp3) is 0.393. The Morgan fingerprint density at radius 3 is 2.33 bits per heavy atom. The summed E-state index contributed by atoms with van der Waals surface area (Å²) in [4.78, 5) is 43.3. The lowest BCUT2D eigenvalue weighted by molar-refractivity contribution is 0.0535. The SMILES string of the molecule is O=C(Nc1ccc(-c2nc(N3CCOCC3)nc(N3C4CC[C@H]3COC4)n2)cc1)Nc1ccc2c(c1)COC2=O. The summed E-state index contributed by atoms with van der Waals surface area (Å²) in [5.74, 6) is 1.58. The van der Waals surface area contributed by atoms with Crippen LogP contribution in [-0.2, 0) is 20.8 Å². The predicted molar refractivity (Wildman–Crippen MR) is 147 cm³/mol. The van der Waals surface area contributed by atoms with Gasteiger partial charge in [-0.15, -0.1) is 0 Å². The van der Waals surface area contributed by atoms with Gasteiger partial charge in [0.1, 0.15) is 6.61 Å². The summed E-state index contributed by atoms with van der Waals surface area (Å²) in [5, 5.41) is 5.65. The Balaban J connectivity index is 1.10. The van der Waals surface area contributed by atoms with E-state index in [1.807, 2.05) is 24.3 Å². The van der Waals surface area contributed by atoms with Crippen molar-refractivity contribution in [3.8, 4) is 11.4 Å². The Kier molecular flexibility index (Phi) is 6.40. The zero-order chi connectivity index (χ0) is 27.1. The quantitative estimate of drug-likeness (QED) is 0.463. The van der Waals surface area contributed by atoms with Crippen LogP contribution in [0.4, 0.5) is 28.1 Å². The molecule has 0 saturated carbocycles. The Hall–Kier alpha value is -4.29. The third-order valence-electron chi connectivity index (χ3n) is 7.72. The Morgan fingerprint density at radius 1 is 0.850 bits per heavy atom. The van der Waals surface area contributed by atoms with Gasteiger partial charge in [0.05, 0.1) is 44.1 Å². The Morgan fingerprint density at radius 2 is 1.55 bits per heavy atom. The highest BCUT2D eigenvalue weighted by molar-refractivity contribution is 6.01. The highest BCUT2D eigenvalue weighted by atomic mass is 16.5. The molecule has 3 aromatic rings. The van der Waals surface area contributed by atoms with Gasteiger partial charge < -0.3 is 34.6 Å². The van der Waals surface area contributed by atoms with Crippen LogP contribution in [0.25, 0.3) is 11.4 Å². The average Bonchev–Trinajstić information content (AvgIpc) is 3.47. The van der Waals surface area contributed by atoms with E-state index in [0.717, 1.165) is 37.1 Å². The van der Waals surface area contributed by atoms with Crippen molar-refractivity contribution < 1.29 is 23.8 Å². The normalized spacial score (nSPS) is 21.6. The lowest BCUT2D eigenvalue weighted by atomic mass is 10.1. The van der Waals surface area contributed by atoms with Gasteiger partial charge in [-0.1, -0.05) is 0 Å². The number of nitrogens with zero attached hydrogens (tertiary/aromatic N) is 5. The minimum absolute atomic E-state index is 0.214. The van der Waals surface area contributed by atoms with Crippen LogP contribution in [-0.4, -0.2) is 78.6 Å². The molecule has 2 aromatic carbocycles. The van der Waals surface area contributed by atoms with E-state index in [-0.39, 0.29) is 24.7 Å². The van der Waals surface area contributed by atoms with Gasteiger partial charge in [0.15, 0.2) is 5.82 Å². The molecule has 1 aromatic heterocycles. The van der Waals surface area contributed by atoms with E-state index in [4.69, 9.17) is 29.2 Å². The van der Waals surface area contributed by atoms with Crippen molar-refractivity contribution in [1.29, 1.82) is 0 Å². The van der Waals surface area contributed by atoms with E-state index in [2.05, 4.69) is 20.4 Å².